The number of hydrogen-bond donors (Lipinski definition) is 2. The van der Waals surface area contributed by atoms with E-state index in [-0.39, 0.29) is 17.4 Å². The van der Waals surface area contributed by atoms with Crippen LogP contribution in [0.4, 0.5) is 6.01 Å². The number of benzene rings is 2. The Balaban J connectivity index is 1.29. The highest BCUT2D eigenvalue weighted by Crippen LogP contribution is 2.26. The van der Waals surface area contributed by atoms with E-state index in [4.69, 9.17) is 9.52 Å². The molecule has 1 aliphatic heterocycles. The zero-order valence-electron chi connectivity index (χ0n) is 15.3. The number of nitrogens with one attached hydrogen (secondary N) is 1. The van der Waals surface area contributed by atoms with E-state index in [0.717, 1.165) is 42.6 Å². The lowest BCUT2D eigenvalue weighted by Gasteiger charge is -2.30. The molecule has 4 rings (SSSR count). The first-order valence-electron chi connectivity index (χ1n) is 9.30. The molecule has 1 aromatic heterocycles. The van der Waals surface area contributed by atoms with Crippen molar-refractivity contribution in [2.24, 2.45) is 5.92 Å². The second-order valence-electron chi connectivity index (χ2n) is 6.95. The first kappa shape index (κ1) is 18.0. The Morgan fingerprint density at radius 3 is 2.50 bits per heavy atom. The lowest BCUT2D eigenvalue weighted by atomic mass is 9.96. The fourth-order valence-corrected chi connectivity index (χ4v) is 3.43. The van der Waals surface area contributed by atoms with Crippen LogP contribution in [0.15, 0.2) is 52.9 Å². The van der Waals surface area contributed by atoms with Crippen LogP contribution < -0.4 is 10.2 Å². The molecule has 2 aromatic carbocycles. The number of nitrogens with zero attached hydrogens (tertiary/aromatic N) is 2. The van der Waals surface area contributed by atoms with Gasteiger partial charge in [-0.15, -0.1) is 0 Å². The lowest BCUT2D eigenvalue weighted by molar-refractivity contribution is -0.125. The summed E-state index contributed by atoms with van der Waals surface area (Å²) in [6.07, 6.45) is 1.48. The highest BCUT2D eigenvalue weighted by atomic mass is 16.4. The van der Waals surface area contributed by atoms with Crippen molar-refractivity contribution in [1.82, 2.24) is 10.3 Å². The van der Waals surface area contributed by atoms with Crippen molar-refractivity contribution in [2.45, 2.75) is 19.4 Å². The van der Waals surface area contributed by atoms with Gasteiger partial charge in [-0.25, -0.2) is 4.79 Å². The number of carbonyl (C=O) groups excluding carboxylic acids is 1. The van der Waals surface area contributed by atoms with Gasteiger partial charge in [-0.05, 0) is 42.7 Å². The quantitative estimate of drug-likeness (QED) is 0.707. The third-order valence-electron chi connectivity index (χ3n) is 5.09. The summed E-state index contributed by atoms with van der Waals surface area (Å²) in [5, 5.41) is 11.9. The number of piperidine rings is 1. The normalized spacial score (nSPS) is 14.9. The predicted molar refractivity (Wildman–Crippen MR) is 104 cm³/mol. The van der Waals surface area contributed by atoms with E-state index < -0.39 is 5.97 Å². The Morgan fingerprint density at radius 2 is 1.82 bits per heavy atom. The molecule has 0 spiro atoms. The van der Waals surface area contributed by atoms with Crippen LogP contribution in [-0.4, -0.2) is 35.1 Å². The van der Waals surface area contributed by atoms with Gasteiger partial charge >= 0.3 is 5.97 Å². The van der Waals surface area contributed by atoms with Gasteiger partial charge in [-0.2, -0.15) is 4.98 Å². The number of oxazole rings is 1. The molecular weight excluding hydrogens is 358 g/mol. The third kappa shape index (κ3) is 3.83. The van der Waals surface area contributed by atoms with Crippen LogP contribution in [0.3, 0.4) is 0 Å². The molecule has 0 saturated carbocycles. The van der Waals surface area contributed by atoms with Gasteiger partial charge in [0.25, 0.3) is 6.01 Å². The molecule has 0 aliphatic carbocycles. The Morgan fingerprint density at radius 1 is 1.11 bits per heavy atom. The Hall–Kier alpha value is -3.35. The molecule has 2 heterocycles. The minimum Gasteiger partial charge on any atom is -0.478 e. The fraction of sp³-hybridized carbons (Fsp3) is 0.286. The number of carboxylic acids is 1. The van der Waals surface area contributed by atoms with Gasteiger partial charge < -0.3 is 19.7 Å². The molecule has 3 aromatic rings. The molecule has 144 valence electrons. The molecule has 0 radical (unpaired) electrons. The van der Waals surface area contributed by atoms with Crippen LogP contribution in [0, 0.1) is 5.92 Å². The molecule has 0 atom stereocenters. The molecule has 0 unspecified atom stereocenters. The van der Waals surface area contributed by atoms with Crippen molar-refractivity contribution < 1.29 is 19.1 Å². The first-order chi connectivity index (χ1) is 13.6. The SMILES string of the molecule is O=C(O)c1ccc(CNC(=O)C2CCN(c3nc4ccccc4o3)CC2)cc1. The van der Waals surface area contributed by atoms with Crippen molar-refractivity contribution in [3.8, 4) is 0 Å². The summed E-state index contributed by atoms with van der Waals surface area (Å²) in [7, 11) is 0. The molecule has 28 heavy (non-hydrogen) atoms. The number of aromatic nitrogens is 1. The summed E-state index contributed by atoms with van der Waals surface area (Å²) in [6.45, 7) is 1.83. The summed E-state index contributed by atoms with van der Waals surface area (Å²) >= 11 is 0. The minimum absolute atomic E-state index is 0.0273. The number of fused-ring (bicyclic) bond motifs is 1. The highest BCUT2D eigenvalue weighted by molar-refractivity contribution is 5.87. The van der Waals surface area contributed by atoms with Gasteiger partial charge in [0.1, 0.15) is 5.52 Å². The average Bonchev–Trinajstić information content (AvgIpc) is 3.16. The van der Waals surface area contributed by atoms with Crippen LogP contribution >= 0.6 is 0 Å². The molecule has 7 nitrogen and oxygen atoms in total. The topological polar surface area (TPSA) is 95.7 Å². The summed E-state index contributed by atoms with van der Waals surface area (Å²) in [6, 6.07) is 14.8. The van der Waals surface area contributed by atoms with Crippen LogP contribution in [-0.2, 0) is 11.3 Å². The monoisotopic (exact) mass is 379 g/mol. The molecule has 1 aliphatic rings. The maximum Gasteiger partial charge on any atom is 0.335 e. The maximum absolute atomic E-state index is 12.5. The first-order valence-corrected chi connectivity index (χ1v) is 9.30. The molecule has 0 bridgehead atoms. The maximum atomic E-state index is 12.5. The van der Waals surface area contributed by atoms with E-state index in [1.807, 2.05) is 24.3 Å². The van der Waals surface area contributed by atoms with Crippen molar-refractivity contribution >= 4 is 29.0 Å². The second-order valence-corrected chi connectivity index (χ2v) is 6.95. The molecular formula is C21H21N3O4. The zero-order chi connectivity index (χ0) is 19.5. The van der Waals surface area contributed by atoms with Gasteiger partial charge in [0, 0.05) is 25.6 Å². The van der Waals surface area contributed by atoms with E-state index in [1.165, 1.54) is 0 Å². The van der Waals surface area contributed by atoms with E-state index in [9.17, 15) is 9.59 Å². The lowest BCUT2D eigenvalue weighted by Crippen LogP contribution is -2.40. The van der Waals surface area contributed by atoms with E-state index in [2.05, 4.69) is 15.2 Å². The molecule has 1 amide bonds. The van der Waals surface area contributed by atoms with E-state index in [1.54, 1.807) is 24.3 Å². The number of rotatable bonds is 5. The molecule has 7 heteroatoms. The smallest absolute Gasteiger partial charge is 0.335 e. The number of carbonyl (C=O) groups is 2. The van der Waals surface area contributed by atoms with Crippen molar-refractivity contribution in [1.29, 1.82) is 0 Å². The standard InChI is InChI=1S/C21H21N3O4/c25-19(22-13-14-5-7-16(8-6-14)20(26)27)15-9-11-24(12-10-15)21-23-17-3-1-2-4-18(17)28-21/h1-8,15H,9-13H2,(H,22,25)(H,26,27). The highest BCUT2D eigenvalue weighted by Gasteiger charge is 2.27. The average molecular weight is 379 g/mol. The molecule has 1 saturated heterocycles. The van der Waals surface area contributed by atoms with Gasteiger partial charge in [0.05, 0.1) is 5.56 Å². The molecule has 2 N–H and O–H groups in total. The summed E-state index contributed by atoms with van der Waals surface area (Å²) in [5.74, 6) is -0.972. The number of amides is 1. The number of aromatic carboxylic acids is 1. The molecule has 1 fully saturated rings. The van der Waals surface area contributed by atoms with Crippen LogP contribution in [0.25, 0.3) is 11.1 Å². The summed E-state index contributed by atoms with van der Waals surface area (Å²) < 4.78 is 5.81. The fourth-order valence-electron chi connectivity index (χ4n) is 3.43. The van der Waals surface area contributed by atoms with E-state index in [0.29, 0.717) is 12.6 Å². The van der Waals surface area contributed by atoms with Gasteiger partial charge in [0.2, 0.25) is 5.91 Å². The van der Waals surface area contributed by atoms with Crippen molar-refractivity contribution in [3.05, 3.63) is 59.7 Å². The number of para-hydroxylation sites is 2. The Kier molecular flexibility index (Phi) is 4.97. The number of carboxylic acid groups (broad SMARTS) is 1. The van der Waals surface area contributed by atoms with Crippen molar-refractivity contribution in [2.75, 3.05) is 18.0 Å². The second kappa shape index (κ2) is 7.72. The van der Waals surface area contributed by atoms with Crippen molar-refractivity contribution in [3.63, 3.8) is 0 Å². The zero-order valence-corrected chi connectivity index (χ0v) is 15.3. The van der Waals surface area contributed by atoms with Crippen LogP contribution in [0.2, 0.25) is 0 Å². The van der Waals surface area contributed by atoms with Crippen LogP contribution in [0.1, 0.15) is 28.8 Å². The van der Waals surface area contributed by atoms with Crippen LogP contribution in [0.5, 0.6) is 0 Å². The summed E-state index contributed by atoms with van der Waals surface area (Å²) in [4.78, 5) is 29.9. The van der Waals surface area contributed by atoms with E-state index >= 15 is 0 Å². The summed E-state index contributed by atoms with van der Waals surface area (Å²) in [5.41, 5.74) is 2.72. The Labute approximate surface area is 162 Å². The number of anilines is 1. The van der Waals surface area contributed by atoms with Gasteiger partial charge in [0.15, 0.2) is 5.58 Å². The largest absolute Gasteiger partial charge is 0.478 e. The Bertz CT molecular complexity index is 955. The third-order valence-corrected chi connectivity index (χ3v) is 5.09. The predicted octanol–water partition coefficient (Wildman–Crippen LogP) is 3.06. The van der Waals surface area contributed by atoms with Gasteiger partial charge in [-0.3, -0.25) is 4.79 Å². The minimum atomic E-state index is -0.957. The number of hydrogen-bond acceptors (Lipinski definition) is 5. The van der Waals surface area contributed by atoms with Gasteiger partial charge in [-0.1, -0.05) is 24.3 Å².